The Morgan fingerprint density at radius 1 is 1.13 bits per heavy atom. The van der Waals surface area contributed by atoms with Gasteiger partial charge in [0, 0.05) is 27.2 Å². The average molecular weight is 458 g/mol. The molecule has 10 heteroatoms. The highest BCUT2D eigenvalue weighted by Gasteiger charge is 2.23. The number of carbonyl (C=O) groups is 1. The van der Waals surface area contributed by atoms with Crippen molar-refractivity contribution in [2.45, 2.75) is 18.7 Å². The maximum atomic E-state index is 13.1. The van der Waals surface area contributed by atoms with E-state index < -0.39 is 21.7 Å². The summed E-state index contributed by atoms with van der Waals surface area (Å²) >= 11 is 5.89. The van der Waals surface area contributed by atoms with Gasteiger partial charge in [-0.15, -0.1) is 0 Å². The highest BCUT2D eigenvalue weighted by atomic mass is 35.5. The molecular weight excluding hydrogens is 433 g/mol. The summed E-state index contributed by atoms with van der Waals surface area (Å²) in [6.07, 6.45) is 0. The van der Waals surface area contributed by atoms with Gasteiger partial charge in [-0.25, -0.2) is 12.8 Å². The molecule has 2 rings (SSSR count). The summed E-state index contributed by atoms with van der Waals surface area (Å²) in [5.74, 6) is -0.867. The number of benzene rings is 2. The molecule has 2 aromatic carbocycles. The Morgan fingerprint density at radius 3 is 2.37 bits per heavy atom. The van der Waals surface area contributed by atoms with E-state index in [0.29, 0.717) is 24.5 Å². The fraction of sp³-hybridized carbons (Fsp3) is 0.350. The molecule has 30 heavy (non-hydrogen) atoms. The quantitative estimate of drug-likeness (QED) is 0.622. The van der Waals surface area contributed by atoms with E-state index in [9.17, 15) is 17.6 Å². The van der Waals surface area contributed by atoms with Crippen LogP contribution in [0.4, 0.5) is 15.8 Å². The number of ether oxygens (including phenoxy) is 1. The first kappa shape index (κ1) is 23.9. The van der Waals surface area contributed by atoms with Crippen LogP contribution in [0.15, 0.2) is 41.3 Å². The second kappa shape index (κ2) is 10.1. The molecule has 0 aromatic heterocycles. The number of halogens is 2. The van der Waals surface area contributed by atoms with Crippen LogP contribution in [0.5, 0.6) is 5.75 Å². The molecule has 0 saturated heterocycles. The van der Waals surface area contributed by atoms with Crippen molar-refractivity contribution in [3.05, 3.63) is 47.2 Å². The topological polar surface area (TPSA) is 79.0 Å². The zero-order valence-electron chi connectivity index (χ0n) is 17.3. The molecule has 0 aliphatic rings. The van der Waals surface area contributed by atoms with Gasteiger partial charge in [0.05, 0.1) is 21.3 Å². The van der Waals surface area contributed by atoms with E-state index in [1.165, 1.54) is 28.6 Å². The lowest BCUT2D eigenvalue weighted by Crippen LogP contribution is -2.31. The fourth-order valence-electron chi connectivity index (χ4n) is 2.80. The van der Waals surface area contributed by atoms with E-state index in [-0.39, 0.29) is 22.3 Å². The minimum absolute atomic E-state index is 0.0455. The first-order valence-corrected chi connectivity index (χ1v) is 11.1. The number of hydrogen-bond acceptors (Lipinski definition) is 5. The minimum Gasteiger partial charge on any atom is -0.482 e. The van der Waals surface area contributed by atoms with Gasteiger partial charge in [0.1, 0.15) is 11.6 Å². The Morgan fingerprint density at radius 2 is 1.80 bits per heavy atom. The van der Waals surface area contributed by atoms with Gasteiger partial charge < -0.3 is 15.0 Å². The Bertz CT molecular complexity index is 1010. The largest absolute Gasteiger partial charge is 0.482 e. The third-order valence-electron chi connectivity index (χ3n) is 4.32. The molecule has 0 unspecified atom stereocenters. The van der Waals surface area contributed by atoms with Gasteiger partial charge in [0.2, 0.25) is 10.0 Å². The third kappa shape index (κ3) is 5.62. The van der Waals surface area contributed by atoms with Crippen molar-refractivity contribution in [3.63, 3.8) is 0 Å². The van der Waals surface area contributed by atoms with E-state index in [0.717, 1.165) is 6.07 Å². The lowest BCUT2D eigenvalue weighted by molar-refractivity contribution is -0.118. The molecule has 2 aromatic rings. The Labute approximate surface area is 181 Å². The van der Waals surface area contributed by atoms with Crippen LogP contribution in [0.2, 0.25) is 5.02 Å². The summed E-state index contributed by atoms with van der Waals surface area (Å²) in [5.41, 5.74) is 0.952. The first-order chi connectivity index (χ1) is 14.1. The smallest absolute Gasteiger partial charge is 0.262 e. The second-order valence-electron chi connectivity index (χ2n) is 6.57. The molecule has 0 fully saturated rings. The Hall–Kier alpha value is -2.36. The van der Waals surface area contributed by atoms with Gasteiger partial charge in [0.25, 0.3) is 5.91 Å². The molecule has 0 saturated carbocycles. The maximum Gasteiger partial charge on any atom is 0.262 e. The molecule has 0 heterocycles. The van der Waals surface area contributed by atoms with Crippen LogP contribution in [-0.2, 0) is 14.8 Å². The maximum absolute atomic E-state index is 13.1. The van der Waals surface area contributed by atoms with Crippen LogP contribution in [0.25, 0.3) is 0 Å². The number of carbonyl (C=O) groups excluding carboxylic acids is 1. The van der Waals surface area contributed by atoms with Crippen molar-refractivity contribution in [1.82, 2.24) is 4.31 Å². The predicted octanol–water partition coefficient (Wildman–Crippen LogP) is 3.59. The lowest BCUT2D eigenvalue weighted by Gasteiger charge is -2.22. The second-order valence-corrected chi connectivity index (χ2v) is 8.92. The molecule has 0 aliphatic carbocycles. The number of rotatable bonds is 9. The number of nitrogens with zero attached hydrogens (tertiary/aromatic N) is 2. The van der Waals surface area contributed by atoms with Crippen molar-refractivity contribution in [1.29, 1.82) is 0 Å². The van der Waals surface area contributed by atoms with Crippen molar-refractivity contribution < 1.29 is 22.3 Å². The highest BCUT2D eigenvalue weighted by molar-refractivity contribution is 7.89. The molecule has 7 nitrogen and oxygen atoms in total. The normalized spacial score (nSPS) is 11.4. The van der Waals surface area contributed by atoms with Gasteiger partial charge in [-0.3, -0.25) is 4.79 Å². The van der Waals surface area contributed by atoms with Gasteiger partial charge in [-0.05, 0) is 36.4 Å². The summed E-state index contributed by atoms with van der Waals surface area (Å²) in [5, 5.41) is 2.72. The van der Waals surface area contributed by atoms with E-state index in [1.54, 1.807) is 38.9 Å². The summed E-state index contributed by atoms with van der Waals surface area (Å²) in [6.45, 7) is 3.81. The van der Waals surface area contributed by atoms with Crippen LogP contribution < -0.4 is 15.0 Å². The van der Waals surface area contributed by atoms with Crippen LogP contribution in [0.1, 0.15) is 13.8 Å². The summed E-state index contributed by atoms with van der Waals surface area (Å²) in [6, 6.07) is 8.14. The number of amides is 1. The molecule has 164 valence electrons. The monoisotopic (exact) mass is 457 g/mol. The number of nitrogens with one attached hydrogen (secondary N) is 1. The minimum atomic E-state index is -3.69. The molecule has 0 radical (unpaired) electrons. The lowest BCUT2D eigenvalue weighted by atomic mass is 10.2. The van der Waals surface area contributed by atoms with Crippen LogP contribution in [0, 0.1) is 5.82 Å². The third-order valence-corrected chi connectivity index (χ3v) is 6.66. The standard InChI is InChI=1S/C20H25ClFN3O4S/c1-5-25(6-2)30(27,28)15-8-9-18(24(3)4)17(12-15)23-20(26)13-29-19-10-7-14(22)11-16(19)21/h7-12H,5-6,13H2,1-4H3,(H,23,26). The van der Waals surface area contributed by atoms with Gasteiger partial charge in [-0.1, -0.05) is 25.4 Å². The molecule has 1 N–H and O–H groups in total. The summed E-state index contributed by atoms with van der Waals surface area (Å²) in [7, 11) is -0.135. The Kier molecular flexibility index (Phi) is 8.05. The van der Waals surface area contributed by atoms with Gasteiger partial charge in [0.15, 0.2) is 6.61 Å². The van der Waals surface area contributed by atoms with E-state index in [2.05, 4.69) is 5.32 Å². The molecule has 0 aliphatic heterocycles. The van der Waals surface area contributed by atoms with Crippen molar-refractivity contribution in [2.75, 3.05) is 44.0 Å². The predicted molar refractivity (Wildman–Crippen MR) is 116 cm³/mol. The average Bonchev–Trinajstić information content (AvgIpc) is 2.67. The van der Waals surface area contributed by atoms with Crippen LogP contribution in [0.3, 0.4) is 0 Å². The van der Waals surface area contributed by atoms with Crippen molar-refractivity contribution in [2.24, 2.45) is 0 Å². The number of hydrogen-bond donors (Lipinski definition) is 1. The molecule has 1 amide bonds. The van der Waals surface area contributed by atoms with Crippen LogP contribution in [-0.4, -0.2) is 52.4 Å². The van der Waals surface area contributed by atoms with Crippen molar-refractivity contribution in [3.8, 4) is 5.75 Å². The Balaban J connectivity index is 2.25. The van der Waals surface area contributed by atoms with Gasteiger partial charge >= 0.3 is 0 Å². The molecule has 0 bridgehead atoms. The molecule has 0 spiro atoms. The van der Waals surface area contributed by atoms with E-state index in [1.807, 2.05) is 0 Å². The zero-order valence-corrected chi connectivity index (χ0v) is 18.8. The zero-order chi connectivity index (χ0) is 22.5. The highest BCUT2D eigenvalue weighted by Crippen LogP contribution is 2.29. The summed E-state index contributed by atoms with van der Waals surface area (Å²) < 4.78 is 45.4. The number of sulfonamides is 1. The first-order valence-electron chi connectivity index (χ1n) is 9.29. The summed E-state index contributed by atoms with van der Waals surface area (Å²) in [4.78, 5) is 14.2. The van der Waals surface area contributed by atoms with E-state index >= 15 is 0 Å². The van der Waals surface area contributed by atoms with Crippen LogP contribution >= 0.6 is 11.6 Å². The van der Waals surface area contributed by atoms with Gasteiger partial charge in [-0.2, -0.15) is 4.31 Å². The van der Waals surface area contributed by atoms with E-state index in [4.69, 9.17) is 16.3 Å². The number of anilines is 2. The molecular formula is C20H25ClFN3O4S. The fourth-order valence-corrected chi connectivity index (χ4v) is 4.51. The SMILES string of the molecule is CCN(CC)S(=O)(=O)c1ccc(N(C)C)c(NC(=O)COc2ccc(F)cc2Cl)c1. The van der Waals surface area contributed by atoms with Crippen molar-refractivity contribution >= 4 is 38.9 Å². The molecule has 0 atom stereocenters.